The Bertz CT molecular complexity index is 885. The summed E-state index contributed by atoms with van der Waals surface area (Å²) < 4.78 is 10.2. The number of ether oxygens (including phenoxy) is 1. The monoisotopic (exact) mass is 360 g/mol. The molecule has 5 nitrogen and oxygen atoms in total. The molecular weight excluding hydrogens is 348 g/mol. The van der Waals surface area contributed by atoms with E-state index in [0.717, 1.165) is 16.0 Å². The Hall–Kier alpha value is -2.44. The molecule has 0 aliphatic rings. The van der Waals surface area contributed by atoms with Crippen LogP contribution in [-0.4, -0.2) is 16.1 Å². The van der Waals surface area contributed by atoms with Crippen LogP contribution in [0, 0.1) is 6.92 Å². The van der Waals surface area contributed by atoms with Gasteiger partial charge in [-0.15, -0.1) is 11.3 Å². The Kier molecular flexibility index (Phi) is 5.08. The highest BCUT2D eigenvalue weighted by atomic mass is 35.5. The van der Waals surface area contributed by atoms with Crippen LogP contribution in [-0.2, 0) is 16.1 Å². The van der Waals surface area contributed by atoms with Crippen molar-refractivity contribution in [2.75, 3.05) is 0 Å². The van der Waals surface area contributed by atoms with Crippen molar-refractivity contribution in [3.63, 3.8) is 0 Å². The van der Waals surface area contributed by atoms with Crippen molar-refractivity contribution in [1.29, 1.82) is 0 Å². The van der Waals surface area contributed by atoms with Crippen LogP contribution in [0.5, 0.6) is 0 Å². The fraction of sp³-hybridized carbons (Fsp3) is 0.118. The van der Waals surface area contributed by atoms with Gasteiger partial charge in [-0.3, -0.25) is 0 Å². The highest BCUT2D eigenvalue weighted by Gasteiger charge is 2.10. The second-order valence-electron chi connectivity index (χ2n) is 4.93. The first kappa shape index (κ1) is 16.4. The van der Waals surface area contributed by atoms with Crippen molar-refractivity contribution in [3.8, 4) is 11.4 Å². The van der Waals surface area contributed by atoms with E-state index in [9.17, 15) is 4.79 Å². The second-order valence-corrected chi connectivity index (χ2v) is 6.32. The largest absolute Gasteiger partial charge is 0.452 e. The molecule has 3 aromatic rings. The summed E-state index contributed by atoms with van der Waals surface area (Å²) in [5, 5.41) is 6.40. The second kappa shape index (κ2) is 7.42. The number of carbonyl (C=O) groups is 1. The van der Waals surface area contributed by atoms with Gasteiger partial charge in [0.1, 0.15) is 0 Å². The summed E-state index contributed by atoms with van der Waals surface area (Å²) in [6.07, 6.45) is 3.11. The van der Waals surface area contributed by atoms with Gasteiger partial charge in [0.15, 0.2) is 6.61 Å². The van der Waals surface area contributed by atoms with Crippen molar-refractivity contribution in [1.82, 2.24) is 10.1 Å². The number of aryl methyl sites for hydroxylation is 1. The number of hydrogen-bond acceptors (Lipinski definition) is 6. The molecule has 0 saturated heterocycles. The lowest BCUT2D eigenvalue weighted by atomic mass is 10.2. The zero-order valence-corrected chi connectivity index (χ0v) is 14.3. The summed E-state index contributed by atoms with van der Waals surface area (Å²) in [7, 11) is 0. The predicted molar refractivity (Wildman–Crippen MR) is 92.6 cm³/mol. The summed E-state index contributed by atoms with van der Waals surface area (Å²) in [6, 6.07) is 9.10. The molecule has 0 N–H and O–H groups in total. The van der Waals surface area contributed by atoms with Crippen molar-refractivity contribution >= 4 is 35.0 Å². The van der Waals surface area contributed by atoms with E-state index in [4.69, 9.17) is 20.9 Å². The quantitative estimate of drug-likeness (QED) is 0.494. The SMILES string of the molecule is Cc1ccsc1/C=C/C(=O)OCc1nc(-c2cccc(Cl)c2)no1. The summed E-state index contributed by atoms with van der Waals surface area (Å²) in [4.78, 5) is 16.9. The maximum atomic E-state index is 11.7. The molecule has 0 amide bonds. The third kappa shape index (κ3) is 4.10. The van der Waals surface area contributed by atoms with Gasteiger partial charge in [-0.1, -0.05) is 28.9 Å². The van der Waals surface area contributed by atoms with Crippen LogP contribution >= 0.6 is 22.9 Å². The standard InChI is InChI=1S/C17H13ClN2O3S/c1-11-7-8-24-14(11)5-6-16(21)22-10-15-19-17(20-23-15)12-3-2-4-13(18)9-12/h2-9H,10H2,1H3/b6-5+. The number of carbonyl (C=O) groups excluding carboxylic acids is 1. The Labute approximate surface area is 147 Å². The zero-order valence-electron chi connectivity index (χ0n) is 12.7. The third-order valence-electron chi connectivity index (χ3n) is 3.16. The Morgan fingerprint density at radius 2 is 2.29 bits per heavy atom. The molecule has 0 fully saturated rings. The fourth-order valence-corrected chi connectivity index (χ4v) is 2.95. The molecule has 2 aromatic heterocycles. The molecule has 1 aromatic carbocycles. The highest BCUT2D eigenvalue weighted by Crippen LogP contribution is 2.20. The van der Waals surface area contributed by atoms with E-state index in [-0.39, 0.29) is 12.5 Å². The number of rotatable bonds is 5. The first-order valence-electron chi connectivity index (χ1n) is 7.09. The molecule has 24 heavy (non-hydrogen) atoms. The van der Waals surface area contributed by atoms with E-state index in [1.807, 2.05) is 24.4 Å². The van der Waals surface area contributed by atoms with Crippen LogP contribution < -0.4 is 0 Å². The topological polar surface area (TPSA) is 65.2 Å². The van der Waals surface area contributed by atoms with E-state index >= 15 is 0 Å². The van der Waals surface area contributed by atoms with Gasteiger partial charge in [0.2, 0.25) is 5.82 Å². The first-order chi connectivity index (χ1) is 11.6. The minimum atomic E-state index is -0.467. The predicted octanol–water partition coefficient (Wildman–Crippen LogP) is 4.52. The van der Waals surface area contributed by atoms with Crippen molar-refractivity contribution in [2.45, 2.75) is 13.5 Å². The normalized spacial score (nSPS) is 11.1. The van der Waals surface area contributed by atoms with Gasteiger partial charge in [-0.25, -0.2) is 4.79 Å². The van der Waals surface area contributed by atoms with E-state index in [1.54, 1.807) is 35.6 Å². The number of nitrogens with zero attached hydrogens (tertiary/aromatic N) is 2. The van der Waals surface area contributed by atoms with Crippen molar-refractivity contribution < 1.29 is 14.1 Å². The molecule has 0 saturated carbocycles. The smallest absolute Gasteiger partial charge is 0.331 e. The van der Waals surface area contributed by atoms with Gasteiger partial charge < -0.3 is 9.26 Å². The first-order valence-corrected chi connectivity index (χ1v) is 8.35. The summed E-state index contributed by atoms with van der Waals surface area (Å²) in [6.45, 7) is 1.90. The highest BCUT2D eigenvalue weighted by molar-refractivity contribution is 7.11. The van der Waals surface area contributed by atoms with Crippen molar-refractivity contribution in [3.05, 3.63) is 63.1 Å². The Morgan fingerprint density at radius 3 is 3.04 bits per heavy atom. The number of benzene rings is 1. The molecule has 0 radical (unpaired) electrons. The number of thiophene rings is 1. The molecule has 0 bridgehead atoms. The lowest BCUT2D eigenvalue weighted by Gasteiger charge is -1.96. The maximum Gasteiger partial charge on any atom is 0.331 e. The molecule has 3 rings (SSSR count). The van der Waals surface area contributed by atoms with Gasteiger partial charge in [0, 0.05) is 21.5 Å². The van der Waals surface area contributed by atoms with Crippen LogP contribution in [0.25, 0.3) is 17.5 Å². The third-order valence-corrected chi connectivity index (χ3v) is 4.38. The molecule has 0 aliphatic carbocycles. The summed E-state index contributed by atoms with van der Waals surface area (Å²) >= 11 is 7.49. The van der Waals surface area contributed by atoms with Crippen LogP contribution in [0.2, 0.25) is 5.02 Å². The lowest BCUT2D eigenvalue weighted by molar-refractivity contribution is -0.139. The number of esters is 1. The van der Waals surface area contributed by atoms with Gasteiger partial charge >= 0.3 is 5.97 Å². The molecule has 0 aliphatic heterocycles. The summed E-state index contributed by atoms with van der Waals surface area (Å²) in [5.41, 5.74) is 1.85. The van der Waals surface area contributed by atoms with Crippen LogP contribution in [0.4, 0.5) is 0 Å². The molecule has 7 heteroatoms. The average Bonchev–Trinajstić information content (AvgIpc) is 3.20. The number of hydrogen-bond donors (Lipinski definition) is 0. The molecule has 0 unspecified atom stereocenters. The minimum absolute atomic E-state index is 0.0832. The average molecular weight is 361 g/mol. The van der Waals surface area contributed by atoms with Gasteiger partial charge in [-0.05, 0) is 42.1 Å². The molecule has 0 atom stereocenters. The van der Waals surface area contributed by atoms with Gasteiger partial charge in [0.05, 0.1) is 0 Å². The summed E-state index contributed by atoms with van der Waals surface area (Å²) in [5.74, 6) is 0.151. The van der Waals surface area contributed by atoms with Gasteiger partial charge in [0.25, 0.3) is 5.89 Å². The molecule has 122 valence electrons. The Morgan fingerprint density at radius 1 is 1.42 bits per heavy atom. The number of aromatic nitrogens is 2. The molecule has 0 spiro atoms. The van der Waals surface area contributed by atoms with Crippen molar-refractivity contribution in [2.24, 2.45) is 0 Å². The maximum absolute atomic E-state index is 11.7. The molecular formula is C17H13ClN2O3S. The van der Waals surface area contributed by atoms with E-state index < -0.39 is 5.97 Å². The van der Waals surface area contributed by atoms with Gasteiger partial charge in [-0.2, -0.15) is 4.98 Å². The minimum Gasteiger partial charge on any atom is -0.452 e. The van der Waals surface area contributed by atoms with Crippen LogP contribution in [0.3, 0.4) is 0 Å². The van der Waals surface area contributed by atoms with E-state index in [0.29, 0.717) is 10.8 Å². The van der Waals surface area contributed by atoms with Crippen LogP contribution in [0.15, 0.2) is 46.3 Å². The lowest BCUT2D eigenvalue weighted by Crippen LogP contribution is -2.00. The number of halogens is 1. The van der Waals surface area contributed by atoms with E-state index in [1.165, 1.54) is 6.08 Å². The van der Waals surface area contributed by atoms with Crippen LogP contribution in [0.1, 0.15) is 16.3 Å². The fourth-order valence-electron chi connectivity index (χ4n) is 1.94. The van der Waals surface area contributed by atoms with E-state index in [2.05, 4.69) is 10.1 Å². The zero-order chi connectivity index (χ0) is 16.9. The Balaban J connectivity index is 1.58. The molecule has 2 heterocycles.